The van der Waals surface area contributed by atoms with Crippen LogP contribution >= 0.6 is 0 Å². The van der Waals surface area contributed by atoms with Crippen molar-refractivity contribution in [3.05, 3.63) is 53.3 Å². The van der Waals surface area contributed by atoms with Crippen molar-refractivity contribution in [2.45, 2.75) is 36.9 Å². The third-order valence-corrected chi connectivity index (χ3v) is 8.78. The number of sulfonamides is 1. The summed E-state index contributed by atoms with van der Waals surface area (Å²) in [5.41, 5.74) is 1.10. The number of rotatable bonds is 6. The van der Waals surface area contributed by atoms with Crippen molar-refractivity contribution in [2.24, 2.45) is 0 Å². The molecule has 3 amide bonds. The van der Waals surface area contributed by atoms with E-state index in [-0.39, 0.29) is 61.8 Å². The number of imide groups is 1. The fourth-order valence-electron chi connectivity index (χ4n) is 5.00. The minimum absolute atomic E-state index is 0.0571. The molecule has 202 valence electrons. The van der Waals surface area contributed by atoms with Crippen molar-refractivity contribution in [2.75, 3.05) is 31.1 Å². The number of nitrogens with zero attached hydrogens (tertiary/aromatic N) is 3. The Morgan fingerprint density at radius 1 is 1.00 bits per heavy atom. The summed E-state index contributed by atoms with van der Waals surface area (Å²) in [7, 11) is -3.92. The van der Waals surface area contributed by atoms with E-state index < -0.39 is 46.2 Å². The lowest BCUT2D eigenvalue weighted by Gasteiger charge is -2.36. The predicted octanol–water partition coefficient (Wildman–Crippen LogP) is 1.70. The maximum atomic E-state index is 14.6. The molecule has 1 unspecified atom stereocenters. The van der Waals surface area contributed by atoms with Crippen molar-refractivity contribution in [1.82, 2.24) is 14.5 Å². The summed E-state index contributed by atoms with van der Waals surface area (Å²) in [6, 6.07) is 6.24. The Morgan fingerprint density at radius 3 is 2.32 bits per heavy atom. The molecule has 0 bridgehead atoms. The SMILES string of the molecule is O=C1CCC(N2Cc3c(cc(F)cc3N3CCN(S(=O)(=O)c4ccc(OC(F)F)cc4)CC3)C2=O)C(=O)N1. The molecule has 0 aliphatic carbocycles. The number of nitrogens with one attached hydrogen (secondary N) is 1. The van der Waals surface area contributed by atoms with Gasteiger partial charge in [-0.1, -0.05) is 0 Å². The van der Waals surface area contributed by atoms with E-state index in [0.717, 1.165) is 18.2 Å². The summed E-state index contributed by atoms with van der Waals surface area (Å²) in [4.78, 5) is 40.0. The number of carbonyl (C=O) groups is 3. The van der Waals surface area contributed by atoms with Gasteiger partial charge in [0.2, 0.25) is 21.8 Å². The average Bonchev–Trinajstić information content (AvgIpc) is 3.19. The second kappa shape index (κ2) is 9.91. The number of anilines is 1. The second-order valence-corrected chi connectivity index (χ2v) is 11.0. The molecule has 3 heterocycles. The minimum Gasteiger partial charge on any atom is -0.435 e. The Hall–Kier alpha value is -3.65. The maximum absolute atomic E-state index is 14.6. The number of amides is 3. The number of halogens is 3. The van der Waals surface area contributed by atoms with Gasteiger partial charge in [0, 0.05) is 56.0 Å². The van der Waals surface area contributed by atoms with Gasteiger partial charge in [-0.2, -0.15) is 13.1 Å². The van der Waals surface area contributed by atoms with E-state index >= 15 is 0 Å². The molecule has 2 aromatic carbocycles. The topological polar surface area (TPSA) is 116 Å². The average molecular weight is 553 g/mol. The predicted molar refractivity (Wildman–Crippen MR) is 126 cm³/mol. The molecule has 1 N–H and O–H groups in total. The van der Waals surface area contributed by atoms with Crippen LogP contribution in [0.1, 0.15) is 28.8 Å². The zero-order valence-corrected chi connectivity index (χ0v) is 20.7. The molecule has 0 spiro atoms. The number of ether oxygens (including phenoxy) is 1. The number of hydrogen-bond acceptors (Lipinski definition) is 7. The second-order valence-electron chi connectivity index (χ2n) is 9.09. The van der Waals surface area contributed by atoms with Crippen molar-refractivity contribution < 1.29 is 40.7 Å². The third kappa shape index (κ3) is 4.80. The number of carbonyl (C=O) groups excluding carboxylic acids is 3. The summed E-state index contributed by atoms with van der Waals surface area (Å²) >= 11 is 0. The van der Waals surface area contributed by atoms with Crippen LogP contribution in [0.5, 0.6) is 5.75 Å². The van der Waals surface area contributed by atoms with Gasteiger partial charge < -0.3 is 14.5 Å². The number of piperidine rings is 1. The maximum Gasteiger partial charge on any atom is 0.387 e. The monoisotopic (exact) mass is 552 g/mol. The van der Waals surface area contributed by atoms with Gasteiger partial charge in [0.25, 0.3) is 5.91 Å². The standard InChI is InChI=1S/C24H23F3N4O6S/c25-14-11-17-18(13-31(23(17)34)19-5-6-21(32)28-22(19)33)20(12-14)29-7-9-30(10-8-29)38(35,36)16-3-1-15(2-4-16)37-24(26)27/h1-4,11-12,19,24H,5-10,13H2,(H,28,32,33). The Kier molecular flexibility index (Phi) is 6.77. The largest absolute Gasteiger partial charge is 0.435 e. The van der Waals surface area contributed by atoms with Gasteiger partial charge in [-0.3, -0.25) is 19.7 Å². The molecular formula is C24H23F3N4O6S. The molecule has 5 rings (SSSR count). The van der Waals surface area contributed by atoms with Gasteiger partial charge in [-0.15, -0.1) is 0 Å². The molecule has 2 fully saturated rings. The molecule has 38 heavy (non-hydrogen) atoms. The summed E-state index contributed by atoms with van der Waals surface area (Å²) in [5, 5.41) is 2.23. The van der Waals surface area contributed by atoms with Gasteiger partial charge in [0.05, 0.1) is 4.90 Å². The first-order chi connectivity index (χ1) is 18.0. The van der Waals surface area contributed by atoms with E-state index in [2.05, 4.69) is 10.1 Å². The number of hydrogen-bond donors (Lipinski definition) is 1. The van der Waals surface area contributed by atoms with Crippen LogP contribution in [0, 0.1) is 5.82 Å². The molecule has 1 atom stereocenters. The third-order valence-electron chi connectivity index (χ3n) is 6.86. The Balaban J connectivity index is 1.31. The van der Waals surface area contributed by atoms with Crippen LogP contribution in [-0.2, 0) is 26.2 Å². The molecule has 0 saturated carbocycles. The highest BCUT2D eigenvalue weighted by molar-refractivity contribution is 7.89. The van der Waals surface area contributed by atoms with Crippen LogP contribution in [0.2, 0.25) is 0 Å². The number of piperazine rings is 1. The van der Waals surface area contributed by atoms with Crippen molar-refractivity contribution in [3.8, 4) is 5.75 Å². The van der Waals surface area contributed by atoms with Crippen molar-refractivity contribution >= 4 is 33.4 Å². The molecule has 2 saturated heterocycles. The van der Waals surface area contributed by atoms with E-state index in [9.17, 15) is 36.0 Å². The molecule has 0 radical (unpaired) electrons. The molecule has 14 heteroatoms. The first kappa shape index (κ1) is 26.0. The summed E-state index contributed by atoms with van der Waals surface area (Å²) in [6.45, 7) is -2.44. The van der Waals surface area contributed by atoms with Gasteiger partial charge >= 0.3 is 6.61 Å². The minimum atomic E-state index is -3.92. The lowest BCUT2D eigenvalue weighted by atomic mass is 10.0. The molecule has 2 aromatic rings. The van der Waals surface area contributed by atoms with Crippen LogP contribution < -0.4 is 15.0 Å². The highest BCUT2D eigenvalue weighted by Gasteiger charge is 2.41. The van der Waals surface area contributed by atoms with Crippen LogP contribution in [0.15, 0.2) is 41.3 Å². The lowest BCUT2D eigenvalue weighted by molar-refractivity contribution is -0.136. The van der Waals surface area contributed by atoms with E-state index in [0.29, 0.717) is 11.3 Å². The van der Waals surface area contributed by atoms with Crippen molar-refractivity contribution in [3.63, 3.8) is 0 Å². The molecule has 3 aliphatic heterocycles. The summed E-state index contributed by atoms with van der Waals surface area (Å²) in [5.74, 6) is -2.29. The zero-order valence-electron chi connectivity index (χ0n) is 19.9. The zero-order chi connectivity index (χ0) is 27.2. The van der Waals surface area contributed by atoms with Crippen LogP contribution in [0.25, 0.3) is 0 Å². The summed E-state index contributed by atoms with van der Waals surface area (Å²) < 4.78 is 70.9. The smallest absolute Gasteiger partial charge is 0.387 e. The molecule has 3 aliphatic rings. The van der Waals surface area contributed by atoms with Gasteiger partial charge in [0.15, 0.2) is 0 Å². The summed E-state index contributed by atoms with van der Waals surface area (Å²) in [6.07, 6.45) is 0.268. The molecular weight excluding hydrogens is 529 g/mol. The van der Waals surface area contributed by atoms with Gasteiger partial charge in [-0.05, 0) is 42.8 Å². The van der Waals surface area contributed by atoms with E-state index in [4.69, 9.17) is 0 Å². The highest BCUT2D eigenvalue weighted by Crippen LogP contribution is 2.36. The van der Waals surface area contributed by atoms with Crippen LogP contribution in [0.3, 0.4) is 0 Å². The lowest BCUT2D eigenvalue weighted by Crippen LogP contribution is -2.52. The number of alkyl halides is 2. The van der Waals surface area contributed by atoms with Crippen LogP contribution in [0.4, 0.5) is 18.9 Å². The Labute approximate surface area is 216 Å². The quantitative estimate of drug-likeness (QED) is 0.543. The van der Waals surface area contributed by atoms with E-state index in [1.165, 1.54) is 27.4 Å². The van der Waals surface area contributed by atoms with E-state index in [1.807, 2.05) is 0 Å². The Bertz CT molecular complexity index is 1390. The highest BCUT2D eigenvalue weighted by atomic mass is 32.2. The van der Waals surface area contributed by atoms with Crippen LogP contribution in [-0.4, -0.2) is 74.2 Å². The molecule has 0 aromatic heterocycles. The van der Waals surface area contributed by atoms with Crippen molar-refractivity contribution in [1.29, 1.82) is 0 Å². The number of fused-ring (bicyclic) bond motifs is 1. The first-order valence-electron chi connectivity index (χ1n) is 11.8. The van der Waals surface area contributed by atoms with Gasteiger partial charge in [-0.25, -0.2) is 12.8 Å². The molecule has 10 nitrogen and oxygen atoms in total. The normalized spacial score (nSPS) is 20.6. The van der Waals surface area contributed by atoms with Gasteiger partial charge in [0.1, 0.15) is 17.6 Å². The first-order valence-corrected chi connectivity index (χ1v) is 13.3. The number of benzene rings is 2. The fourth-order valence-corrected chi connectivity index (χ4v) is 6.42. The fraction of sp³-hybridized carbons (Fsp3) is 0.375. The Morgan fingerprint density at radius 2 is 1.68 bits per heavy atom. The van der Waals surface area contributed by atoms with E-state index in [1.54, 1.807) is 4.90 Å².